The number of rotatable bonds is 8. The van der Waals surface area contributed by atoms with Crippen molar-refractivity contribution in [3.8, 4) is 12.3 Å². The summed E-state index contributed by atoms with van der Waals surface area (Å²) in [5, 5.41) is 0. The van der Waals surface area contributed by atoms with Crippen LogP contribution in [0.4, 0.5) is 0 Å². The number of unbranched alkanes of at least 4 members (excludes halogenated alkanes) is 2. The number of hydrogen-bond donors (Lipinski definition) is 0. The van der Waals surface area contributed by atoms with Gasteiger partial charge in [0.25, 0.3) is 0 Å². The summed E-state index contributed by atoms with van der Waals surface area (Å²) in [4.78, 5) is 2.39. The minimum atomic E-state index is 0.440. The summed E-state index contributed by atoms with van der Waals surface area (Å²) in [5.74, 6) is 3.37. The molecule has 2 unspecified atom stereocenters. The molecule has 0 radical (unpaired) electrons. The highest BCUT2D eigenvalue weighted by molar-refractivity contribution is 4.94. The zero-order valence-corrected chi connectivity index (χ0v) is 10.9. The summed E-state index contributed by atoms with van der Waals surface area (Å²) < 4.78 is 0. The molecular weight excluding hydrogens is 182 g/mol. The normalized spacial score (nSPS) is 14.9. The fourth-order valence-electron chi connectivity index (χ4n) is 1.71. The third-order valence-corrected chi connectivity index (χ3v) is 3.24. The van der Waals surface area contributed by atoms with Crippen molar-refractivity contribution in [2.45, 2.75) is 58.9 Å². The smallest absolute Gasteiger partial charge is 0.0327 e. The van der Waals surface area contributed by atoms with Gasteiger partial charge in [0.2, 0.25) is 0 Å². The third-order valence-electron chi connectivity index (χ3n) is 3.24. The Morgan fingerprint density at radius 1 is 1.27 bits per heavy atom. The Balaban J connectivity index is 3.83. The average molecular weight is 209 g/mol. The molecule has 0 aromatic heterocycles. The van der Waals surface area contributed by atoms with E-state index < -0.39 is 0 Å². The van der Waals surface area contributed by atoms with Gasteiger partial charge in [-0.2, -0.15) is 0 Å². The van der Waals surface area contributed by atoms with Crippen LogP contribution in [-0.4, -0.2) is 24.5 Å². The standard InChI is InChI=1S/C14H27N/c1-6-9-10-11-14(8-3)12-15(5)13(4)7-2/h3,13-14H,6-7,9-12H2,1-2,4-5H3. The molecule has 0 bridgehead atoms. The van der Waals surface area contributed by atoms with Crippen molar-refractivity contribution >= 4 is 0 Å². The summed E-state index contributed by atoms with van der Waals surface area (Å²) in [6, 6.07) is 0.645. The Labute approximate surface area is 96.2 Å². The Morgan fingerprint density at radius 3 is 2.40 bits per heavy atom. The molecule has 0 aromatic carbocycles. The van der Waals surface area contributed by atoms with Gasteiger partial charge in [-0.15, -0.1) is 12.3 Å². The molecule has 0 aliphatic carbocycles. The minimum Gasteiger partial charge on any atom is -0.302 e. The zero-order valence-electron chi connectivity index (χ0n) is 10.9. The first kappa shape index (κ1) is 14.5. The number of nitrogens with zero attached hydrogens (tertiary/aromatic N) is 1. The second-order valence-electron chi connectivity index (χ2n) is 4.56. The molecule has 0 aromatic rings. The Hall–Kier alpha value is -0.480. The van der Waals surface area contributed by atoms with Crippen molar-refractivity contribution in [1.29, 1.82) is 0 Å². The van der Waals surface area contributed by atoms with Gasteiger partial charge in [0.05, 0.1) is 0 Å². The van der Waals surface area contributed by atoms with Crippen LogP contribution in [-0.2, 0) is 0 Å². The first-order valence-corrected chi connectivity index (χ1v) is 6.32. The molecule has 0 fully saturated rings. The molecule has 0 amide bonds. The van der Waals surface area contributed by atoms with Crippen LogP contribution in [0.1, 0.15) is 52.9 Å². The van der Waals surface area contributed by atoms with Gasteiger partial charge in [-0.1, -0.05) is 33.1 Å². The fraction of sp³-hybridized carbons (Fsp3) is 0.857. The predicted octanol–water partition coefficient (Wildman–Crippen LogP) is 3.55. The van der Waals surface area contributed by atoms with Gasteiger partial charge in [-0.05, 0) is 26.8 Å². The van der Waals surface area contributed by atoms with Crippen molar-refractivity contribution in [3.05, 3.63) is 0 Å². The third kappa shape index (κ3) is 6.57. The summed E-state index contributed by atoms with van der Waals surface area (Å²) >= 11 is 0. The van der Waals surface area contributed by atoms with E-state index >= 15 is 0 Å². The molecule has 0 heterocycles. The van der Waals surface area contributed by atoms with Crippen LogP contribution in [0.5, 0.6) is 0 Å². The minimum absolute atomic E-state index is 0.440. The van der Waals surface area contributed by atoms with Crippen LogP contribution in [0.15, 0.2) is 0 Å². The van der Waals surface area contributed by atoms with Crippen molar-refractivity contribution in [1.82, 2.24) is 4.90 Å². The SMILES string of the molecule is C#CC(CCCCC)CN(C)C(C)CC. The Morgan fingerprint density at radius 2 is 1.93 bits per heavy atom. The van der Waals surface area contributed by atoms with E-state index in [0.29, 0.717) is 12.0 Å². The molecule has 1 nitrogen and oxygen atoms in total. The van der Waals surface area contributed by atoms with Crippen LogP contribution in [0.25, 0.3) is 0 Å². The van der Waals surface area contributed by atoms with Gasteiger partial charge in [0, 0.05) is 18.5 Å². The summed E-state index contributed by atoms with van der Waals surface area (Å²) in [6.07, 6.45) is 11.8. The maximum absolute atomic E-state index is 5.57. The molecule has 88 valence electrons. The van der Waals surface area contributed by atoms with Gasteiger partial charge < -0.3 is 4.90 Å². The van der Waals surface area contributed by atoms with Gasteiger partial charge in [0.1, 0.15) is 0 Å². The van der Waals surface area contributed by atoms with Crippen LogP contribution < -0.4 is 0 Å². The zero-order chi connectivity index (χ0) is 11.7. The summed E-state index contributed by atoms with van der Waals surface area (Å²) in [7, 11) is 2.18. The maximum atomic E-state index is 5.57. The molecule has 1 heteroatoms. The highest BCUT2D eigenvalue weighted by Crippen LogP contribution is 2.12. The van der Waals surface area contributed by atoms with Gasteiger partial charge >= 0.3 is 0 Å². The quantitative estimate of drug-likeness (QED) is 0.436. The van der Waals surface area contributed by atoms with Crippen LogP contribution >= 0.6 is 0 Å². The molecule has 0 saturated carbocycles. The predicted molar refractivity (Wildman–Crippen MR) is 68.8 cm³/mol. The highest BCUT2D eigenvalue weighted by atomic mass is 15.1. The van der Waals surface area contributed by atoms with E-state index in [4.69, 9.17) is 6.42 Å². The second-order valence-corrected chi connectivity index (χ2v) is 4.56. The topological polar surface area (TPSA) is 3.24 Å². The lowest BCUT2D eigenvalue weighted by molar-refractivity contribution is 0.226. The van der Waals surface area contributed by atoms with E-state index in [1.54, 1.807) is 0 Å². The van der Waals surface area contributed by atoms with E-state index in [9.17, 15) is 0 Å². The van der Waals surface area contributed by atoms with Crippen LogP contribution in [0.3, 0.4) is 0 Å². The molecule has 0 aliphatic rings. The highest BCUT2D eigenvalue weighted by Gasteiger charge is 2.12. The first-order valence-electron chi connectivity index (χ1n) is 6.32. The van der Waals surface area contributed by atoms with Crippen molar-refractivity contribution in [2.75, 3.05) is 13.6 Å². The van der Waals surface area contributed by atoms with Crippen LogP contribution in [0, 0.1) is 18.3 Å². The largest absolute Gasteiger partial charge is 0.302 e. The second kappa shape index (κ2) is 8.80. The lowest BCUT2D eigenvalue weighted by Crippen LogP contribution is -2.32. The molecule has 0 saturated heterocycles. The summed E-state index contributed by atoms with van der Waals surface area (Å²) in [6.45, 7) is 7.77. The average Bonchev–Trinajstić information content (AvgIpc) is 2.26. The van der Waals surface area contributed by atoms with E-state index in [1.807, 2.05) is 0 Å². The van der Waals surface area contributed by atoms with Gasteiger partial charge in [-0.3, -0.25) is 0 Å². The molecule has 0 rings (SSSR count). The fourth-order valence-corrected chi connectivity index (χ4v) is 1.71. The number of terminal acetylenes is 1. The van der Waals surface area contributed by atoms with E-state index in [1.165, 1.54) is 32.1 Å². The van der Waals surface area contributed by atoms with Gasteiger partial charge in [-0.25, -0.2) is 0 Å². The lowest BCUT2D eigenvalue weighted by atomic mass is 10.0. The molecule has 0 aliphatic heterocycles. The van der Waals surface area contributed by atoms with E-state index in [2.05, 4.69) is 38.6 Å². The van der Waals surface area contributed by atoms with Gasteiger partial charge in [0.15, 0.2) is 0 Å². The molecule has 2 atom stereocenters. The van der Waals surface area contributed by atoms with E-state index in [0.717, 1.165) is 6.54 Å². The van der Waals surface area contributed by atoms with Crippen molar-refractivity contribution in [2.24, 2.45) is 5.92 Å². The van der Waals surface area contributed by atoms with Crippen molar-refractivity contribution in [3.63, 3.8) is 0 Å². The Kier molecular flexibility index (Phi) is 8.52. The monoisotopic (exact) mass is 209 g/mol. The summed E-state index contributed by atoms with van der Waals surface area (Å²) in [5.41, 5.74) is 0. The van der Waals surface area contributed by atoms with Crippen LogP contribution in [0.2, 0.25) is 0 Å². The lowest BCUT2D eigenvalue weighted by Gasteiger charge is -2.26. The number of hydrogen-bond acceptors (Lipinski definition) is 1. The molecular formula is C14H27N. The first-order chi connectivity index (χ1) is 7.15. The molecule has 0 spiro atoms. The molecule has 0 N–H and O–H groups in total. The van der Waals surface area contributed by atoms with E-state index in [-0.39, 0.29) is 0 Å². The Bertz CT molecular complexity index is 180. The molecule has 15 heavy (non-hydrogen) atoms. The maximum Gasteiger partial charge on any atom is 0.0327 e. The van der Waals surface area contributed by atoms with Crippen molar-refractivity contribution < 1.29 is 0 Å².